The molecule has 230 valence electrons. The van der Waals surface area contributed by atoms with Crippen molar-refractivity contribution in [2.75, 3.05) is 13.2 Å². The van der Waals surface area contributed by atoms with Gasteiger partial charge in [-0.1, -0.05) is 38.5 Å². The molecule has 3 heterocycles. The maximum atomic E-state index is 12.6. The summed E-state index contributed by atoms with van der Waals surface area (Å²) in [6.07, 6.45) is 17.4. The normalized spacial score (nSPS) is 16.6. The average Bonchev–Trinajstić information content (AvgIpc) is 3.73. The first kappa shape index (κ1) is 29.3. The van der Waals surface area contributed by atoms with Gasteiger partial charge in [-0.05, 0) is 91.3 Å². The smallest absolute Gasteiger partial charge is 0.283 e. The summed E-state index contributed by atoms with van der Waals surface area (Å²) in [5.41, 5.74) is 0.542. The van der Waals surface area contributed by atoms with Gasteiger partial charge < -0.3 is 9.57 Å². The zero-order valence-electron chi connectivity index (χ0n) is 25.0. The van der Waals surface area contributed by atoms with Crippen LogP contribution in [-0.4, -0.2) is 58.4 Å². The lowest BCUT2D eigenvalue weighted by Crippen LogP contribution is -2.27. The molecular weight excluding hydrogens is 546 g/mol. The van der Waals surface area contributed by atoms with Crippen molar-refractivity contribution >= 4 is 10.9 Å². The van der Waals surface area contributed by atoms with Crippen molar-refractivity contribution in [3.05, 3.63) is 52.3 Å². The van der Waals surface area contributed by atoms with E-state index in [-0.39, 0.29) is 5.56 Å². The van der Waals surface area contributed by atoms with Gasteiger partial charge in [-0.15, -0.1) is 20.0 Å². The van der Waals surface area contributed by atoms with E-state index in [0.29, 0.717) is 25.3 Å². The molecule has 0 saturated heterocycles. The molecule has 0 atom stereocenters. The summed E-state index contributed by atoms with van der Waals surface area (Å²) in [5, 5.41) is 26.5. The predicted octanol–water partition coefficient (Wildman–Crippen LogP) is 4.84. The van der Waals surface area contributed by atoms with Crippen molar-refractivity contribution in [3.63, 3.8) is 0 Å². The number of rotatable bonds is 14. The monoisotopic (exact) mass is 589 g/mol. The largest absolute Gasteiger partial charge is 0.494 e. The van der Waals surface area contributed by atoms with Crippen LogP contribution in [0.1, 0.15) is 114 Å². The van der Waals surface area contributed by atoms with E-state index in [1.165, 1.54) is 62.2 Å². The summed E-state index contributed by atoms with van der Waals surface area (Å²) in [4.78, 5) is 20.3. The highest BCUT2D eigenvalue weighted by molar-refractivity contribution is 5.80. The fraction of sp³-hybridized carbons (Fsp3) is 0.645. The molecule has 12 heteroatoms. The van der Waals surface area contributed by atoms with E-state index in [1.807, 2.05) is 33.7 Å². The number of hydrogen-bond donors (Lipinski definition) is 0. The maximum absolute atomic E-state index is 12.6. The van der Waals surface area contributed by atoms with E-state index in [1.54, 1.807) is 0 Å². The molecule has 0 unspecified atom stereocenters. The summed E-state index contributed by atoms with van der Waals surface area (Å²) < 4.78 is 9.47. The van der Waals surface area contributed by atoms with Gasteiger partial charge in [0.25, 0.3) is 5.56 Å². The first-order chi connectivity index (χ1) is 21.2. The van der Waals surface area contributed by atoms with Gasteiger partial charge >= 0.3 is 0 Å². The van der Waals surface area contributed by atoms with Crippen LogP contribution in [0.2, 0.25) is 0 Å². The Morgan fingerprint density at radius 2 is 1.53 bits per heavy atom. The molecule has 2 fully saturated rings. The Bertz CT molecular complexity index is 1500. The second-order valence-corrected chi connectivity index (χ2v) is 11.9. The third-order valence-corrected chi connectivity index (χ3v) is 8.75. The minimum absolute atomic E-state index is 0.186. The molecule has 0 spiro atoms. The Kier molecular flexibility index (Phi) is 9.91. The number of pyridine rings is 1. The predicted molar refractivity (Wildman–Crippen MR) is 161 cm³/mol. The SMILES string of the molecule is O=c1ccc2cc(OCCCCc3nnnn3C3CCCCC3)ccc2n1OCCCCc1nnn(C2CCCCC2)n1. The number of unbranched alkanes of at least 4 members (excludes halogenated alkanes) is 2. The van der Waals surface area contributed by atoms with Crippen LogP contribution in [0.4, 0.5) is 0 Å². The van der Waals surface area contributed by atoms with Gasteiger partial charge in [-0.25, -0.2) is 4.68 Å². The number of benzene rings is 1. The Labute approximate surface area is 251 Å². The van der Waals surface area contributed by atoms with Crippen molar-refractivity contribution in [1.29, 1.82) is 0 Å². The Balaban J connectivity index is 0.939. The molecule has 2 aliphatic rings. The fourth-order valence-corrected chi connectivity index (χ4v) is 6.35. The van der Waals surface area contributed by atoms with E-state index < -0.39 is 0 Å². The van der Waals surface area contributed by atoms with Gasteiger partial charge in [0.15, 0.2) is 11.6 Å². The maximum Gasteiger partial charge on any atom is 0.283 e. The molecular formula is C31H43N9O3. The van der Waals surface area contributed by atoms with Gasteiger partial charge in [0, 0.05) is 24.3 Å². The van der Waals surface area contributed by atoms with Crippen LogP contribution < -0.4 is 15.1 Å². The Morgan fingerprint density at radius 1 is 0.767 bits per heavy atom. The molecule has 1 aromatic carbocycles. The van der Waals surface area contributed by atoms with E-state index in [4.69, 9.17) is 9.57 Å². The number of fused-ring (bicyclic) bond motifs is 1. The molecule has 4 aromatic rings. The van der Waals surface area contributed by atoms with Crippen molar-refractivity contribution in [2.45, 2.75) is 115 Å². The van der Waals surface area contributed by atoms with Gasteiger partial charge in [-0.2, -0.15) is 4.80 Å². The summed E-state index contributed by atoms with van der Waals surface area (Å²) >= 11 is 0. The zero-order valence-corrected chi connectivity index (χ0v) is 25.0. The third-order valence-electron chi connectivity index (χ3n) is 8.75. The molecule has 3 aromatic heterocycles. The molecule has 2 saturated carbocycles. The van der Waals surface area contributed by atoms with Crippen LogP contribution in [0.15, 0.2) is 35.1 Å². The molecule has 43 heavy (non-hydrogen) atoms. The first-order valence-electron chi connectivity index (χ1n) is 16.2. The lowest BCUT2D eigenvalue weighted by molar-refractivity contribution is 0.109. The average molecular weight is 590 g/mol. The number of aryl methyl sites for hydroxylation is 2. The standard InChI is InChI=1S/C31H43N9O3/c41-31-20-17-24-23-27(42-21-9-8-16-30-33-35-37-38(30)25-11-3-1-4-12-25)18-19-28(24)39(31)43-22-10-7-15-29-32-36-40(34-29)26-13-5-2-6-14-26/h17-20,23,25-26H,1-16,21-22H2. The van der Waals surface area contributed by atoms with Crippen molar-refractivity contribution in [3.8, 4) is 5.75 Å². The quantitative estimate of drug-likeness (QED) is 0.190. The first-order valence-corrected chi connectivity index (χ1v) is 16.2. The van der Waals surface area contributed by atoms with Crippen LogP contribution >= 0.6 is 0 Å². The Morgan fingerprint density at radius 3 is 2.37 bits per heavy atom. The molecule has 0 radical (unpaired) electrons. The highest BCUT2D eigenvalue weighted by Crippen LogP contribution is 2.28. The minimum atomic E-state index is -0.186. The summed E-state index contributed by atoms with van der Waals surface area (Å²) in [5.74, 6) is 2.54. The molecule has 12 nitrogen and oxygen atoms in total. The van der Waals surface area contributed by atoms with Crippen molar-refractivity contribution in [1.82, 2.24) is 45.1 Å². The van der Waals surface area contributed by atoms with Crippen molar-refractivity contribution < 1.29 is 9.57 Å². The highest BCUT2D eigenvalue weighted by atomic mass is 16.7. The van der Waals surface area contributed by atoms with E-state index in [2.05, 4.69) is 30.9 Å². The topological polar surface area (TPSA) is 128 Å². The summed E-state index contributed by atoms with van der Waals surface area (Å²) in [6, 6.07) is 9.94. The van der Waals surface area contributed by atoms with Crippen molar-refractivity contribution in [2.24, 2.45) is 0 Å². The number of tetrazole rings is 2. The third kappa shape index (κ3) is 7.58. The van der Waals surface area contributed by atoms with Gasteiger partial charge in [0.2, 0.25) is 0 Å². The molecule has 0 aliphatic heterocycles. The number of ether oxygens (including phenoxy) is 1. The molecule has 6 rings (SSSR count). The lowest BCUT2D eigenvalue weighted by Gasteiger charge is -2.22. The molecule has 0 bridgehead atoms. The van der Waals surface area contributed by atoms with Gasteiger partial charge in [0.05, 0.1) is 24.2 Å². The van der Waals surface area contributed by atoms with Crippen LogP contribution in [-0.2, 0) is 12.8 Å². The van der Waals surface area contributed by atoms with Crippen LogP contribution in [0.25, 0.3) is 10.9 Å². The van der Waals surface area contributed by atoms with Crippen LogP contribution in [0.5, 0.6) is 5.75 Å². The zero-order chi connectivity index (χ0) is 29.3. The van der Waals surface area contributed by atoms with E-state index in [0.717, 1.165) is 79.7 Å². The number of hydrogen-bond acceptors (Lipinski definition) is 9. The summed E-state index contributed by atoms with van der Waals surface area (Å²) in [6.45, 7) is 1.04. The van der Waals surface area contributed by atoms with Gasteiger partial charge in [-0.3, -0.25) is 4.79 Å². The minimum Gasteiger partial charge on any atom is -0.494 e. The molecule has 0 amide bonds. The second-order valence-electron chi connectivity index (χ2n) is 11.9. The summed E-state index contributed by atoms with van der Waals surface area (Å²) in [7, 11) is 0. The number of nitrogens with zero attached hydrogens (tertiary/aromatic N) is 9. The molecule has 2 aliphatic carbocycles. The fourth-order valence-electron chi connectivity index (χ4n) is 6.35. The van der Waals surface area contributed by atoms with E-state index >= 15 is 0 Å². The van der Waals surface area contributed by atoms with E-state index in [9.17, 15) is 4.79 Å². The van der Waals surface area contributed by atoms with Crippen LogP contribution in [0.3, 0.4) is 0 Å². The molecule has 0 N–H and O–H groups in total. The Hall–Kier alpha value is -3.83. The highest BCUT2D eigenvalue weighted by Gasteiger charge is 2.20. The lowest BCUT2D eigenvalue weighted by atomic mass is 9.95. The van der Waals surface area contributed by atoms with Crippen LogP contribution in [0, 0.1) is 0 Å². The number of aromatic nitrogens is 9. The second kappa shape index (κ2) is 14.6. The van der Waals surface area contributed by atoms with Gasteiger partial charge in [0.1, 0.15) is 12.4 Å².